The van der Waals surface area contributed by atoms with Gasteiger partial charge >= 0.3 is 0 Å². The van der Waals surface area contributed by atoms with Crippen molar-refractivity contribution in [3.63, 3.8) is 0 Å². The van der Waals surface area contributed by atoms with E-state index in [4.69, 9.17) is 0 Å². The van der Waals surface area contributed by atoms with Crippen molar-refractivity contribution in [1.29, 1.82) is 0 Å². The molecule has 0 aromatic rings. The largest absolute Gasteiger partial charge is 0.161 e. The van der Waals surface area contributed by atoms with Gasteiger partial charge in [0.1, 0.15) is 0 Å². The Kier molecular flexibility index (Phi) is 6.58. The van der Waals surface area contributed by atoms with Crippen molar-refractivity contribution >= 4 is 11.8 Å². The molecule has 0 saturated heterocycles. The highest BCUT2D eigenvalue weighted by Gasteiger charge is 2.09. The normalized spacial score (nSPS) is 11.7. The quantitative estimate of drug-likeness (QED) is 0.449. The minimum atomic E-state index is 0.469. The van der Waals surface area contributed by atoms with Gasteiger partial charge in [0.15, 0.2) is 0 Å². The average molecular weight is 200 g/mol. The third-order valence-corrected chi connectivity index (χ3v) is 3.30. The Morgan fingerprint density at radius 1 is 1.23 bits per heavy atom. The predicted octanol–water partition coefficient (Wildman–Crippen LogP) is 4.51. The Balaban J connectivity index is 3.31. The molecular weight excluding hydrogens is 176 g/mol. The van der Waals surface area contributed by atoms with Gasteiger partial charge in [0, 0.05) is 0 Å². The number of hydrogen-bond donors (Lipinski definition) is 0. The standard InChI is InChI=1S/C12H24S/c1-6-7-11(2)8-9-13-10-12(3,4)5/h2,6-10H2,1,3-5H3. The highest BCUT2D eigenvalue weighted by Crippen LogP contribution is 2.22. The summed E-state index contributed by atoms with van der Waals surface area (Å²) in [7, 11) is 0. The molecule has 0 atom stereocenters. The molecule has 0 radical (unpaired) electrons. The lowest BCUT2D eigenvalue weighted by Crippen LogP contribution is -2.08. The van der Waals surface area contributed by atoms with Crippen molar-refractivity contribution in [2.75, 3.05) is 11.5 Å². The SMILES string of the molecule is C=C(CCC)CCSCC(C)(C)C. The number of rotatable bonds is 6. The van der Waals surface area contributed by atoms with Crippen molar-refractivity contribution < 1.29 is 0 Å². The monoisotopic (exact) mass is 200 g/mol. The summed E-state index contributed by atoms with van der Waals surface area (Å²) in [6, 6.07) is 0. The minimum absolute atomic E-state index is 0.469. The van der Waals surface area contributed by atoms with Gasteiger partial charge in [-0.05, 0) is 29.8 Å². The van der Waals surface area contributed by atoms with E-state index in [0.29, 0.717) is 5.41 Å². The molecule has 0 heterocycles. The van der Waals surface area contributed by atoms with Gasteiger partial charge in [-0.25, -0.2) is 0 Å². The number of hydrogen-bond acceptors (Lipinski definition) is 1. The fourth-order valence-corrected chi connectivity index (χ4v) is 2.26. The highest BCUT2D eigenvalue weighted by molar-refractivity contribution is 7.99. The molecular formula is C12H24S. The maximum absolute atomic E-state index is 4.07. The summed E-state index contributed by atoms with van der Waals surface area (Å²) in [5.41, 5.74) is 1.89. The molecule has 0 aromatic carbocycles. The Labute approximate surface area is 88.2 Å². The van der Waals surface area contributed by atoms with Crippen LogP contribution in [0, 0.1) is 5.41 Å². The molecule has 0 saturated carbocycles. The van der Waals surface area contributed by atoms with E-state index in [1.54, 1.807) is 0 Å². The van der Waals surface area contributed by atoms with Crippen LogP contribution in [0.15, 0.2) is 12.2 Å². The molecule has 0 aliphatic carbocycles. The van der Waals surface area contributed by atoms with Gasteiger partial charge in [-0.15, -0.1) is 0 Å². The van der Waals surface area contributed by atoms with Gasteiger partial charge in [-0.2, -0.15) is 11.8 Å². The minimum Gasteiger partial charge on any atom is -0.161 e. The van der Waals surface area contributed by atoms with Gasteiger partial charge in [0.2, 0.25) is 0 Å². The molecule has 0 aliphatic rings. The molecule has 0 aromatic heterocycles. The molecule has 0 rings (SSSR count). The Bertz CT molecular complexity index is 142. The third-order valence-electron chi connectivity index (χ3n) is 1.74. The van der Waals surface area contributed by atoms with Crippen molar-refractivity contribution in [2.45, 2.75) is 47.0 Å². The molecule has 0 unspecified atom stereocenters. The first-order chi connectivity index (χ1) is 5.95. The summed E-state index contributed by atoms with van der Waals surface area (Å²) in [4.78, 5) is 0. The fourth-order valence-electron chi connectivity index (χ4n) is 1.07. The number of allylic oxidation sites excluding steroid dienone is 1. The van der Waals surface area contributed by atoms with Crippen LogP contribution in [0.25, 0.3) is 0 Å². The van der Waals surface area contributed by atoms with E-state index >= 15 is 0 Å². The van der Waals surface area contributed by atoms with Crippen LogP contribution in [0.1, 0.15) is 47.0 Å². The molecule has 0 bridgehead atoms. The maximum atomic E-state index is 4.07. The van der Waals surface area contributed by atoms with Crippen molar-refractivity contribution in [1.82, 2.24) is 0 Å². The molecule has 1 heteroatoms. The maximum Gasteiger partial charge on any atom is -0.00186 e. The summed E-state index contributed by atoms with van der Waals surface area (Å²) in [5, 5.41) is 0. The topological polar surface area (TPSA) is 0 Å². The van der Waals surface area contributed by atoms with Crippen LogP contribution in [0.4, 0.5) is 0 Å². The summed E-state index contributed by atoms with van der Waals surface area (Å²) in [6.07, 6.45) is 3.65. The van der Waals surface area contributed by atoms with Crippen LogP contribution in [-0.2, 0) is 0 Å². The molecule has 13 heavy (non-hydrogen) atoms. The van der Waals surface area contributed by atoms with Gasteiger partial charge < -0.3 is 0 Å². The van der Waals surface area contributed by atoms with Crippen LogP contribution >= 0.6 is 11.8 Å². The molecule has 0 spiro atoms. The van der Waals surface area contributed by atoms with E-state index in [0.717, 1.165) is 0 Å². The zero-order chi connectivity index (χ0) is 10.3. The second-order valence-corrected chi connectivity index (χ2v) is 5.97. The van der Waals surface area contributed by atoms with E-state index in [9.17, 15) is 0 Å². The van der Waals surface area contributed by atoms with Crippen molar-refractivity contribution in [3.8, 4) is 0 Å². The summed E-state index contributed by atoms with van der Waals surface area (Å²) in [6.45, 7) is 13.2. The third kappa shape index (κ3) is 10.0. The van der Waals surface area contributed by atoms with Crippen molar-refractivity contribution in [3.05, 3.63) is 12.2 Å². The van der Waals surface area contributed by atoms with Crippen LogP contribution in [0.3, 0.4) is 0 Å². The number of thioether (sulfide) groups is 1. The molecule has 0 N–H and O–H groups in total. The van der Waals surface area contributed by atoms with E-state index in [1.165, 1.54) is 36.3 Å². The lowest BCUT2D eigenvalue weighted by molar-refractivity contribution is 0.481. The molecule has 0 fully saturated rings. The summed E-state index contributed by atoms with van der Waals surface area (Å²) >= 11 is 2.05. The molecule has 0 aliphatic heterocycles. The van der Waals surface area contributed by atoms with Crippen LogP contribution in [-0.4, -0.2) is 11.5 Å². The van der Waals surface area contributed by atoms with Gasteiger partial charge in [-0.1, -0.05) is 46.3 Å². The van der Waals surface area contributed by atoms with Gasteiger partial charge in [-0.3, -0.25) is 0 Å². The fraction of sp³-hybridized carbons (Fsp3) is 0.833. The van der Waals surface area contributed by atoms with E-state index in [-0.39, 0.29) is 0 Å². The van der Waals surface area contributed by atoms with Crippen LogP contribution in [0.2, 0.25) is 0 Å². The van der Waals surface area contributed by atoms with E-state index < -0.39 is 0 Å². The van der Waals surface area contributed by atoms with Gasteiger partial charge in [0.05, 0.1) is 0 Å². The predicted molar refractivity (Wildman–Crippen MR) is 65.4 cm³/mol. The van der Waals surface area contributed by atoms with Crippen LogP contribution < -0.4 is 0 Å². The van der Waals surface area contributed by atoms with Crippen molar-refractivity contribution in [2.24, 2.45) is 5.41 Å². The second-order valence-electron chi connectivity index (χ2n) is 4.86. The Morgan fingerprint density at radius 3 is 2.31 bits per heavy atom. The second kappa shape index (κ2) is 6.53. The summed E-state index contributed by atoms with van der Waals surface area (Å²) in [5.74, 6) is 2.50. The van der Waals surface area contributed by atoms with E-state index in [2.05, 4.69) is 46.0 Å². The average Bonchev–Trinajstić information content (AvgIpc) is 1.97. The zero-order valence-corrected chi connectivity index (χ0v) is 10.5. The lowest BCUT2D eigenvalue weighted by Gasteiger charge is -2.17. The van der Waals surface area contributed by atoms with E-state index in [1.807, 2.05) is 0 Å². The lowest BCUT2D eigenvalue weighted by atomic mass is 10.0. The first kappa shape index (κ1) is 13.1. The first-order valence-electron chi connectivity index (χ1n) is 5.20. The molecule has 78 valence electrons. The Morgan fingerprint density at radius 2 is 1.85 bits per heavy atom. The Hall–Kier alpha value is 0.0900. The zero-order valence-electron chi connectivity index (χ0n) is 9.65. The van der Waals surface area contributed by atoms with Crippen LogP contribution in [0.5, 0.6) is 0 Å². The van der Waals surface area contributed by atoms with Gasteiger partial charge in [0.25, 0.3) is 0 Å². The first-order valence-corrected chi connectivity index (χ1v) is 6.35. The molecule has 0 amide bonds. The summed E-state index contributed by atoms with van der Waals surface area (Å²) < 4.78 is 0. The smallest absolute Gasteiger partial charge is 0.00186 e. The highest BCUT2D eigenvalue weighted by atomic mass is 32.2. The molecule has 0 nitrogen and oxygen atoms in total.